The SMILES string of the molecule is C[C@H]1C2c3c(C(F)F)nn(CC(=O)O)c3C(F)(F)[C@H]21. The molecule has 19 heavy (non-hydrogen) atoms. The van der Waals surface area contributed by atoms with Crippen molar-refractivity contribution in [1.82, 2.24) is 9.78 Å². The summed E-state index contributed by atoms with van der Waals surface area (Å²) in [5, 5.41) is 12.0. The Morgan fingerprint density at radius 3 is 2.68 bits per heavy atom. The second-order valence-electron chi connectivity index (χ2n) is 5.03. The molecule has 0 aromatic carbocycles. The van der Waals surface area contributed by atoms with Crippen molar-refractivity contribution < 1.29 is 27.5 Å². The highest BCUT2D eigenvalue weighted by Gasteiger charge is 2.71. The Kier molecular flexibility index (Phi) is 2.28. The van der Waals surface area contributed by atoms with Gasteiger partial charge in [0.15, 0.2) is 0 Å². The van der Waals surface area contributed by atoms with Crippen LogP contribution >= 0.6 is 0 Å². The van der Waals surface area contributed by atoms with E-state index in [1.807, 2.05) is 0 Å². The minimum absolute atomic E-state index is 0.140. The van der Waals surface area contributed by atoms with E-state index in [0.717, 1.165) is 0 Å². The van der Waals surface area contributed by atoms with Gasteiger partial charge in [0, 0.05) is 17.4 Å². The zero-order valence-electron chi connectivity index (χ0n) is 9.78. The van der Waals surface area contributed by atoms with Gasteiger partial charge in [0.05, 0.1) is 0 Å². The highest BCUT2D eigenvalue weighted by atomic mass is 19.3. The molecule has 1 aromatic heterocycles. The van der Waals surface area contributed by atoms with Crippen molar-refractivity contribution in [3.8, 4) is 0 Å². The van der Waals surface area contributed by atoms with Crippen LogP contribution in [0.3, 0.4) is 0 Å². The van der Waals surface area contributed by atoms with E-state index < -0.39 is 48.1 Å². The number of carboxylic acid groups (broad SMARTS) is 1. The number of carbonyl (C=O) groups is 1. The third-order valence-electron chi connectivity index (χ3n) is 3.96. The minimum Gasteiger partial charge on any atom is -0.480 e. The van der Waals surface area contributed by atoms with Crippen LogP contribution in [-0.4, -0.2) is 20.9 Å². The van der Waals surface area contributed by atoms with Crippen molar-refractivity contribution in [1.29, 1.82) is 0 Å². The van der Waals surface area contributed by atoms with Crippen molar-refractivity contribution in [2.24, 2.45) is 11.8 Å². The number of hydrogen-bond donors (Lipinski definition) is 1. The van der Waals surface area contributed by atoms with E-state index in [1.54, 1.807) is 6.92 Å². The number of aromatic nitrogens is 2. The van der Waals surface area contributed by atoms with Gasteiger partial charge in [-0.1, -0.05) is 6.92 Å². The molecule has 2 aliphatic carbocycles. The summed E-state index contributed by atoms with van der Waals surface area (Å²) in [6.45, 7) is 0.744. The van der Waals surface area contributed by atoms with E-state index in [-0.39, 0.29) is 11.5 Å². The number of hydrogen-bond acceptors (Lipinski definition) is 2. The Morgan fingerprint density at radius 2 is 2.16 bits per heavy atom. The molecule has 1 unspecified atom stereocenters. The molecule has 3 atom stereocenters. The number of nitrogens with zero attached hydrogens (tertiary/aromatic N) is 2. The smallest absolute Gasteiger partial charge is 0.325 e. The molecule has 4 nitrogen and oxygen atoms in total. The molecule has 0 spiro atoms. The summed E-state index contributed by atoms with van der Waals surface area (Å²) in [7, 11) is 0. The van der Waals surface area contributed by atoms with E-state index in [9.17, 15) is 22.4 Å². The Hall–Kier alpha value is -1.60. The maximum atomic E-state index is 14.1. The quantitative estimate of drug-likeness (QED) is 0.863. The Morgan fingerprint density at radius 1 is 1.53 bits per heavy atom. The summed E-state index contributed by atoms with van der Waals surface area (Å²) >= 11 is 0. The van der Waals surface area contributed by atoms with Crippen LogP contribution in [0.15, 0.2) is 0 Å². The largest absolute Gasteiger partial charge is 0.480 e. The van der Waals surface area contributed by atoms with Gasteiger partial charge in [0.2, 0.25) is 0 Å². The third-order valence-corrected chi connectivity index (χ3v) is 3.96. The molecule has 0 aliphatic heterocycles. The second-order valence-corrected chi connectivity index (χ2v) is 5.03. The van der Waals surface area contributed by atoms with E-state index in [2.05, 4.69) is 5.10 Å². The predicted octanol–water partition coefficient (Wildman–Crippen LogP) is 2.36. The van der Waals surface area contributed by atoms with Crippen molar-refractivity contribution in [2.75, 3.05) is 0 Å². The zero-order valence-corrected chi connectivity index (χ0v) is 9.78. The summed E-state index contributed by atoms with van der Waals surface area (Å²) in [4.78, 5) is 10.6. The van der Waals surface area contributed by atoms with E-state index in [0.29, 0.717) is 4.68 Å². The Bertz CT molecular complexity index is 569. The Labute approximate surface area is 105 Å². The first-order valence-corrected chi connectivity index (χ1v) is 5.75. The fourth-order valence-corrected chi connectivity index (χ4v) is 3.20. The summed E-state index contributed by atoms with van der Waals surface area (Å²) in [5.74, 6) is -6.68. The van der Waals surface area contributed by atoms with Gasteiger partial charge in [-0.3, -0.25) is 9.48 Å². The lowest BCUT2D eigenvalue weighted by molar-refractivity contribution is -0.138. The van der Waals surface area contributed by atoms with E-state index in [4.69, 9.17) is 5.11 Å². The van der Waals surface area contributed by atoms with Gasteiger partial charge in [0.25, 0.3) is 12.3 Å². The molecule has 3 rings (SSSR count). The highest BCUT2D eigenvalue weighted by Crippen LogP contribution is 2.71. The fraction of sp³-hybridized carbons (Fsp3) is 0.636. The molecule has 8 heteroatoms. The molecular formula is C11H10F4N2O2. The standard InChI is InChI=1S/C11H10F4N2O2/c1-3-5-6-8(10(12)13)16-17(2-4(18)19)9(6)11(14,15)7(3)5/h3,5,7,10H,2H2,1H3,(H,18,19)/t3-,5?,7-/m0/s1. The normalized spacial score (nSPS) is 30.3. The van der Waals surface area contributed by atoms with Crippen molar-refractivity contribution in [3.05, 3.63) is 17.0 Å². The van der Waals surface area contributed by atoms with Crippen LogP contribution in [0.4, 0.5) is 17.6 Å². The zero-order chi connectivity index (χ0) is 14.1. The first kappa shape index (κ1) is 12.4. The van der Waals surface area contributed by atoms with Gasteiger partial charge < -0.3 is 5.11 Å². The number of halogens is 4. The third kappa shape index (κ3) is 1.45. The number of alkyl halides is 4. The van der Waals surface area contributed by atoms with Gasteiger partial charge in [-0.25, -0.2) is 8.78 Å². The number of fused-ring (bicyclic) bond motifs is 3. The molecule has 0 saturated heterocycles. The number of rotatable bonds is 3. The molecular weight excluding hydrogens is 268 g/mol. The molecule has 1 heterocycles. The van der Waals surface area contributed by atoms with Gasteiger partial charge >= 0.3 is 5.97 Å². The van der Waals surface area contributed by atoms with Crippen LogP contribution in [0.2, 0.25) is 0 Å². The lowest BCUT2D eigenvalue weighted by Crippen LogP contribution is -2.23. The van der Waals surface area contributed by atoms with Gasteiger partial charge in [-0.15, -0.1) is 0 Å². The van der Waals surface area contributed by atoms with Gasteiger partial charge in [0.1, 0.15) is 17.9 Å². The van der Waals surface area contributed by atoms with Crippen molar-refractivity contribution in [3.63, 3.8) is 0 Å². The molecule has 0 bridgehead atoms. The minimum atomic E-state index is -3.28. The molecule has 0 radical (unpaired) electrons. The first-order chi connectivity index (χ1) is 8.76. The van der Waals surface area contributed by atoms with Gasteiger partial charge in [-0.2, -0.15) is 13.9 Å². The number of aliphatic carboxylic acids is 1. The van der Waals surface area contributed by atoms with Crippen LogP contribution in [0.25, 0.3) is 0 Å². The first-order valence-electron chi connectivity index (χ1n) is 5.75. The van der Waals surface area contributed by atoms with Crippen LogP contribution in [0.5, 0.6) is 0 Å². The summed E-state index contributed by atoms with van der Waals surface area (Å²) in [5.41, 5.74) is -1.48. The van der Waals surface area contributed by atoms with Crippen LogP contribution in [0.1, 0.15) is 36.2 Å². The number of carboxylic acids is 1. The predicted molar refractivity (Wildman–Crippen MR) is 54.1 cm³/mol. The molecule has 1 saturated carbocycles. The maximum Gasteiger partial charge on any atom is 0.325 e. The average molecular weight is 278 g/mol. The molecule has 0 amide bonds. The molecule has 1 fully saturated rings. The molecule has 2 aliphatic rings. The van der Waals surface area contributed by atoms with Crippen LogP contribution < -0.4 is 0 Å². The summed E-state index contributed by atoms with van der Waals surface area (Å²) in [6, 6.07) is 0. The Balaban J connectivity index is 2.17. The second kappa shape index (κ2) is 3.49. The van der Waals surface area contributed by atoms with E-state index in [1.165, 1.54) is 0 Å². The topological polar surface area (TPSA) is 55.1 Å². The van der Waals surface area contributed by atoms with E-state index >= 15 is 0 Å². The summed E-state index contributed by atoms with van der Waals surface area (Å²) < 4.78 is 54.5. The lowest BCUT2D eigenvalue weighted by Gasteiger charge is -2.15. The average Bonchev–Trinajstić information content (AvgIpc) is 2.67. The maximum absolute atomic E-state index is 14.1. The van der Waals surface area contributed by atoms with Crippen LogP contribution in [-0.2, 0) is 17.3 Å². The van der Waals surface area contributed by atoms with Gasteiger partial charge in [-0.05, 0) is 5.92 Å². The van der Waals surface area contributed by atoms with Crippen LogP contribution in [0, 0.1) is 11.8 Å². The molecule has 1 N–H and O–H groups in total. The highest BCUT2D eigenvalue weighted by molar-refractivity contribution is 5.67. The van der Waals surface area contributed by atoms with Crippen molar-refractivity contribution in [2.45, 2.75) is 31.7 Å². The summed E-state index contributed by atoms with van der Waals surface area (Å²) in [6.07, 6.45) is -2.98. The monoisotopic (exact) mass is 278 g/mol. The fourth-order valence-electron chi connectivity index (χ4n) is 3.20. The van der Waals surface area contributed by atoms with Crippen molar-refractivity contribution >= 4 is 5.97 Å². The molecule has 104 valence electrons. The lowest BCUT2D eigenvalue weighted by atomic mass is 10.1. The molecule has 1 aromatic rings.